The standard InChI is InChI=1S/C12H9Cl2FN4O/c13-8-4-7(15)5-9(14)11(8)18-12(20)6-1-2-17-10(3-6)19-16/h1-5H,16H2,(H,17,19)(H,18,20). The van der Waals surface area contributed by atoms with Gasteiger partial charge in [0.05, 0.1) is 15.7 Å². The van der Waals surface area contributed by atoms with Gasteiger partial charge in [-0.1, -0.05) is 23.2 Å². The summed E-state index contributed by atoms with van der Waals surface area (Å²) in [4.78, 5) is 15.9. The molecular formula is C12H9Cl2FN4O. The molecule has 1 amide bonds. The molecule has 0 spiro atoms. The number of halogens is 3. The summed E-state index contributed by atoms with van der Waals surface area (Å²) in [5.74, 6) is 4.48. The van der Waals surface area contributed by atoms with Gasteiger partial charge in [-0.15, -0.1) is 0 Å². The van der Waals surface area contributed by atoms with Gasteiger partial charge in [0, 0.05) is 11.8 Å². The molecule has 8 heteroatoms. The monoisotopic (exact) mass is 314 g/mol. The van der Waals surface area contributed by atoms with Gasteiger partial charge in [-0.2, -0.15) is 0 Å². The van der Waals surface area contributed by atoms with E-state index in [1.54, 1.807) is 0 Å². The van der Waals surface area contributed by atoms with Crippen LogP contribution in [0.15, 0.2) is 30.5 Å². The van der Waals surface area contributed by atoms with Crippen molar-refractivity contribution in [3.05, 3.63) is 51.9 Å². The number of anilines is 2. The van der Waals surface area contributed by atoms with E-state index in [0.29, 0.717) is 11.4 Å². The fourth-order valence-corrected chi connectivity index (χ4v) is 2.05. The fraction of sp³-hybridized carbons (Fsp3) is 0. The van der Waals surface area contributed by atoms with Crippen LogP contribution >= 0.6 is 23.2 Å². The van der Waals surface area contributed by atoms with Gasteiger partial charge in [-0.25, -0.2) is 15.2 Å². The molecule has 0 unspecified atom stereocenters. The Kier molecular flexibility index (Phi) is 4.39. The number of aromatic nitrogens is 1. The summed E-state index contributed by atoms with van der Waals surface area (Å²) in [6.45, 7) is 0. The van der Waals surface area contributed by atoms with E-state index in [0.717, 1.165) is 12.1 Å². The van der Waals surface area contributed by atoms with Crippen molar-refractivity contribution >= 4 is 40.6 Å². The molecule has 0 bridgehead atoms. The first kappa shape index (κ1) is 14.5. The highest BCUT2D eigenvalue weighted by Crippen LogP contribution is 2.31. The van der Waals surface area contributed by atoms with Crippen LogP contribution in [0.1, 0.15) is 10.4 Å². The third-order valence-electron chi connectivity index (χ3n) is 2.42. The number of hydrogen-bond donors (Lipinski definition) is 3. The number of nitrogen functional groups attached to an aromatic ring is 1. The van der Waals surface area contributed by atoms with E-state index in [-0.39, 0.29) is 15.7 Å². The summed E-state index contributed by atoms with van der Waals surface area (Å²) in [6.07, 6.45) is 1.41. The van der Waals surface area contributed by atoms with Gasteiger partial charge in [0.1, 0.15) is 11.6 Å². The van der Waals surface area contributed by atoms with Crippen molar-refractivity contribution in [2.24, 2.45) is 5.84 Å². The first-order valence-corrected chi connectivity index (χ1v) is 6.15. The number of nitrogens with two attached hydrogens (primary N) is 1. The number of nitrogens with zero attached hydrogens (tertiary/aromatic N) is 1. The molecule has 1 aromatic carbocycles. The molecule has 2 rings (SSSR count). The summed E-state index contributed by atoms with van der Waals surface area (Å²) >= 11 is 11.7. The normalized spacial score (nSPS) is 10.2. The first-order valence-electron chi connectivity index (χ1n) is 5.40. The molecule has 0 atom stereocenters. The zero-order valence-corrected chi connectivity index (χ0v) is 11.5. The van der Waals surface area contributed by atoms with Crippen LogP contribution in [0, 0.1) is 5.82 Å². The predicted octanol–water partition coefficient (Wildman–Crippen LogP) is 3.07. The highest BCUT2D eigenvalue weighted by molar-refractivity contribution is 6.40. The van der Waals surface area contributed by atoms with Crippen LogP contribution in [0.2, 0.25) is 10.0 Å². The Morgan fingerprint density at radius 1 is 1.25 bits per heavy atom. The van der Waals surface area contributed by atoms with Gasteiger partial charge < -0.3 is 10.7 Å². The number of hydrazine groups is 1. The molecule has 0 saturated carbocycles. The minimum atomic E-state index is -0.587. The lowest BCUT2D eigenvalue weighted by atomic mass is 10.2. The largest absolute Gasteiger partial charge is 0.319 e. The molecule has 0 fully saturated rings. The summed E-state index contributed by atoms with van der Waals surface area (Å²) in [5, 5.41) is 2.53. The van der Waals surface area contributed by atoms with Gasteiger partial charge >= 0.3 is 0 Å². The molecule has 0 radical (unpaired) electrons. The molecule has 5 nitrogen and oxygen atoms in total. The van der Waals surface area contributed by atoms with Crippen molar-refractivity contribution in [3.63, 3.8) is 0 Å². The maximum Gasteiger partial charge on any atom is 0.255 e. The molecular weight excluding hydrogens is 306 g/mol. The molecule has 1 aromatic heterocycles. The van der Waals surface area contributed by atoms with E-state index in [4.69, 9.17) is 29.0 Å². The van der Waals surface area contributed by atoms with Gasteiger partial charge in [0.2, 0.25) is 0 Å². The molecule has 20 heavy (non-hydrogen) atoms. The van der Waals surface area contributed by atoms with E-state index < -0.39 is 11.7 Å². The number of amides is 1. The Labute approximate surface area is 123 Å². The second-order valence-electron chi connectivity index (χ2n) is 3.77. The summed E-state index contributed by atoms with van der Waals surface area (Å²) < 4.78 is 13.1. The number of carbonyl (C=O) groups is 1. The number of hydrogen-bond acceptors (Lipinski definition) is 4. The van der Waals surface area contributed by atoms with E-state index in [2.05, 4.69) is 15.7 Å². The van der Waals surface area contributed by atoms with Crippen LogP contribution in [0.4, 0.5) is 15.9 Å². The summed E-state index contributed by atoms with van der Waals surface area (Å²) in [7, 11) is 0. The number of nitrogens with one attached hydrogen (secondary N) is 2. The van der Waals surface area contributed by atoms with Crippen molar-refractivity contribution in [2.75, 3.05) is 10.7 Å². The maximum absolute atomic E-state index is 13.1. The van der Waals surface area contributed by atoms with Crippen molar-refractivity contribution in [1.29, 1.82) is 0 Å². The van der Waals surface area contributed by atoms with Crippen molar-refractivity contribution < 1.29 is 9.18 Å². The summed E-state index contributed by atoms with van der Waals surface area (Å²) in [5.41, 5.74) is 2.76. The van der Waals surface area contributed by atoms with Crippen LogP contribution in [-0.4, -0.2) is 10.9 Å². The van der Waals surface area contributed by atoms with Crippen LogP contribution in [0.5, 0.6) is 0 Å². The molecule has 0 aliphatic carbocycles. The zero-order valence-electron chi connectivity index (χ0n) is 9.95. The van der Waals surface area contributed by atoms with Crippen LogP contribution < -0.4 is 16.6 Å². The number of carbonyl (C=O) groups excluding carboxylic acids is 1. The number of rotatable bonds is 3. The highest BCUT2D eigenvalue weighted by atomic mass is 35.5. The Bertz CT molecular complexity index is 643. The third kappa shape index (κ3) is 3.16. The minimum absolute atomic E-state index is 0.00887. The Hall–Kier alpha value is -1.89. The van der Waals surface area contributed by atoms with Crippen LogP contribution in [-0.2, 0) is 0 Å². The smallest absolute Gasteiger partial charge is 0.255 e. The van der Waals surface area contributed by atoms with Gasteiger partial charge in [-0.3, -0.25) is 4.79 Å². The van der Waals surface area contributed by atoms with Crippen LogP contribution in [0.25, 0.3) is 0 Å². The van der Waals surface area contributed by atoms with Gasteiger partial charge in [-0.05, 0) is 24.3 Å². The lowest BCUT2D eigenvalue weighted by Crippen LogP contribution is -2.15. The molecule has 0 aliphatic heterocycles. The second kappa shape index (κ2) is 6.04. The van der Waals surface area contributed by atoms with Gasteiger partial charge in [0.25, 0.3) is 5.91 Å². The average Bonchev–Trinajstić information content (AvgIpc) is 2.42. The predicted molar refractivity (Wildman–Crippen MR) is 76.4 cm³/mol. The Balaban J connectivity index is 2.28. The Morgan fingerprint density at radius 2 is 1.90 bits per heavy atom. The molecule has 2 aromatic rings. The summed E-state index contributed by atoms with van der Waals surface area (Å²) in [6, 6.07) is 5.05. The van der Waals surface area contributed by atoms with Crippen molar-refractivity contribution in [1.82, 2.24) is 4.98 Å². The Morgan fingerprint density at radius 3 is 2.50 bits per heavy atom. The second-order valence-corrected chi connectivity index (χ2v) is 4.59. The fourth-order valence-electron chi connectivity index (χ4n) is 1.50. The maximum atomic E-state index is 13.1. The first-order chi connectivity index (χ1) is 9.51. The molecule has 0 saturated heterocycles. The quantitative estimate of drug-likeness (QED) is 0.601. The topological polar surface area (TPSA) is 80.0 Å². The number of benzene rings is 1. The van der Waals surface area contributed by atoms with E-state index in [1.807, 2.05) is 0 Å². The van der Waals surface area contributed by atoms with Gasteiger partial charge in [0.15, 0.2) is 0 Å². The van der Waals surface area contributed by atoms with E-state index in [1.165, 1.54) is 18.3 Å². The van der Waals surface area contributed by atoms with Crippen molar-refractivity contribution in [2.45, 2.75) is 0 Å². The molecule has 1 heterocycles. The van der Waals surface area contributed by atoms with Crippen LogP contribution in [0.3, 0.4) is 0 Å². The molecule has 104 valence electrons. The SMILES string of the molecule is NNc1cc(C(=O)Nc2c(Cl)cc(F)cc2Cl)ccn1. The number of pyridine rings is 1. The average molecular weight is 315 g/mol. The zero-order chi connectivity index (χ0) is 14.7. The molecule has 4 N–H and O–H groups in total. The lowest BCUT2D eigenvalue weighted by Gasteiger charge is -2.10. The van der Waals surface area contributed by atoms with E-state index in [9.17, 15) is 9.18 Å². The van der Waals surface area contributed by atoms with Crippen molar-refractivity contribution in [3.8, 4) is 0 Å². The van der Waals surface area contributed by atoms with E-state index >= 15 is 0 Å². The minimum Gasteiger partial charge on any atom is -0.319 e. The lowest BCUT2D eigenvalue weighted by molar-refractivity contribution is 0.102. The highest BCUT2D eigenvalue weighted by Gasteiger charge is 2.13. The third-order valence-corrected chi connectivity index (χ3v) is 3.01. The molecule has 0 aliphatic rings.